The Bertz CT molecular complexity index is 276. The van der Waals surface area contributed by atoms with E-state index in [0.717, 1.165) is 17.6 Å². The maximum atomic E-state index is 4.17. The predicted molar refractivity (Wildman–Crippen MR) is 64.7 cm³/mol. The number of anilines is 1. The summed E-state index contributed by atoms with van der Waals surface area (Å²) in [5, 5.41) is 0. The SMILES string of the molecule is CCCCN(CC)c1cncc(Br)c1. The van der Waals surface area contributed by atoms with Crippen LogP contribution >= 0.6 is 15.9 Å². The van der Waals surface area contributed by atoms with E-state index in [1.54, 1.807) is 0 Å². The van der Waals surface area contributed by atoms with Gasteiger partial charge < -0.3 is 4.90 Å². The molecule has 1 aromatic rings. The summed E-state index contributed by atoms with van der Waals surface area (Å²) in [6.07, 6.45) is 6.21. The Morgan fingerprint density at radius 3 is 2.71 bits per heavy atom. The van der Waals surface area contributed by atoms with E-state index < -0.39 is 0 Å². The highest BCUT2D eigenvalue weighted by atomic mass is 79.9. The van der Waals surface area contributed by atoms with Gasteiger partial charge in [0, 0.05) is 23.8 Å². The van der Waals surface area contributed by atoms with Crippen molar-refractivity contribution in [2.24, 2.45) is 0 Å². The van der Waals surface area contributed by atoms with Crippen molar-refractivity contribution >= 4 is 21.6 Å². The molecule has 0 saturated heterocycles. The Balaban J connectivity index is 2.68. The summed E-state index contributed by atoms with van der Waals surface area (Å²) in [4.78, 5) is 6.52. The third-order valence-electron chi connectivity index (χ3n) is 2.22. The standard InChI is InChI=1S/C11H17BrN2/c1-3-5-6-14(4-2)11-7-10(12)8-13-9-11/h7-9H,3-6H2,1-2H3. The molecule has 0 aliphatic carbocycles. The summed E-state index contributed by atoms with van der Waals surface area (Å²) >= 11 is 3.44. The van der Waals surface area contributed by atoms with E-state index >= 15 is 0 Å². The van der Waals surface area contributed by atoms with Crippen LogP contribution in [0.5, 0.6) is 0 Å². The van der Waals surface area contributed by atoms with Gasteiger partial charge in [-0.15, -0.1) is 0 Å². The van der Waals surface area contributed by atoms with E-state index in [0.29, 0.717) is 0 Å². The van der Waals surface area contributed by atoms with Crippen molar-refractivity contribution in [2.75, 3.05) is 18.0 Å². The third kappa shape index (κ3) is 3.29. The van der Waals surface area contributed by atoms with Gasteiger partial charge in [0.25, 0.3) is 0 Å². The molecule has 0 unspecified atom stereocenters. The number of pyridine rings is 1. The van der Waals surface area contributed by atoms with Gasteiger partial charge in [0.1, 0.15) is 0 Å². The van der Waals surface area contributed by atoms with Crippen LogP contribution in [0.1, 0.15) is 26.7 Å². The summed E-state index contributed by atoms with van der Waals surface area (Å²) < 4.78 is 1.05. The quantitative estimate of drug-likeness (QED) is 0.802. The number of unbranched alkanes of at least 4 members (excludes halogenated alkanes) is 1. The minimum atomic E-state index is 1.04. The molecular formula is C11H17BrN2. The topological polar surface area (TPSA) is 16.1 Å². The van der Waals surface area contributed by atoms with Crippen LogP contribution < -0.4 is 4.90 Å². The molecule has 78 valence electrons. The molecule has 0 amide bonds. The molecule has 0 spiro atoms. The lowest BCUT2D eigenvalue weighted by Crippen LogP contribution is -2.23. The molecule has 1 aromatic heterocycles. The number of halogens is 1. The first-order chi connectivity index (χ1) is 6.77. The first kappa shape index (κ1) is 11.5. The largest absolute Gasteiger partial charge is 0.371 e. The minimum Gasteiger partial charge on any atom is -0.371 e. The van der Waals surface area contributed by atoms with E-state index in [2.05, 4.69) is 45.7 Å². The molecule has 2 nitrogen and oxygen atoms in total. The van der Waals surface area contributed by atoms with Gasteiger partial charge in [0.2, 0.25) is 0 Å². The first-order valence-electron chi connectivity index (χ1n) is 5.13. The van der Waals surface area contributed by atoms with Crippen LogP contribution in [0.25, 0.3) is 0 Å². The summed E-state index contributed by atoms with van der Waals surface area (Å²) in [5.74, 6) is 0. The minimum absolute atomic E-state index is 1.04. The fourth-order valence-electron chi connectivity index (χ4n) is 1.39. The van der Waals surface area contributed by atoms with Crippen LogP contribution in [-0.2, 0) is 0 Å². The lowest BCUT2D eigenvalue weighted by atomic mass is 10.3. The fourth-order valence-corrected chi connectivity index (χ4v) is 1.75. The second kappa shape index (κ2) is 6.02. The molecule has 0 aliphatic heterocycles. The summed E-state index contributed by atoms with van der Waals surface area (Å²) in [6, 6.07) is 2.12. The average molecular weight is 257 g/mol. The number of hydrogen-bond donors (Lipinski definition) is 0. The highest BCUT2D eigenvalue weighted by molar-refractivity contribution is 9.10. The molecule has 0 aromatic carbocycles. The fraction of sp³-hybridized carbons (Fsp3) is 0.545. The smallest absolute Gasteiger partial charge is 0.0563 e. The molecular weight excluding hydrogens is 240 g/mol. The van der Waals surface area contributed by atoms with E-state index in [4.69, 9.17) is 0 Å². The van der Waals surface area contributed by atoms with E-state index in [1.165, 1.54) is 18.5 Å². The van der Waals surface area contributed by atoms with Crippen molar-refractivity contribution in [3.63, 3.8) is 0 Å². The molecule has 14 heavy (non-hydrogen) atoms. The van der Waals surface area contributed by atoms with Crippen LogP contribution in [0.3, 0.4) is 0 Å². The second-order valence-corrected chi connectivity index (χ2v) is 4.21. The van der Waals surface area contributed by atoms with Gasteiger partial charge in [-0.3, -0.25) is 4.98 Å². The van der Waals surface area contributed by atoms with Gasteiger partial charge in [-0.25, -0.2) is 0 Å². The van der Waals surface area contributed by atoms with Gasteiger partial charge in [-0.1, -0.05) is 13.3 Å². The van der Waals surface area contributed by atoms with Gasteiger partial charge in [0.05, 0.1) is 11.9 Å². The highest BCUT2D eigenvalue weighted by Crippen LogP contribution is 2.18. The normalized spacial score (nSPS) is 10.2. The number of nitrogens with zero attached hydrogens (tertiary/aromatic N) is 2. The van der Waals surface area contributed by atoms with Crippen molar-refractivity contribution in [3.05, 3.63) is 22.9 Å². The monoisotopic (exact) mass is 256 g/mol. The number of aromatic nitrogens is 1. The van der Waals surface area contributed by atoms with Gasteiger partial charge in [-0.2, -0.15) is 0 Å². The molecule has 0 radical (unpaired) electrons. The molecule has 0 bridgehead atoms. The molecule has 3 heteroatoms. The van der Waals surface area contributed by atoms with Gasteiger partial charge in [0.15, 0.2) is 0 Å². The van der Waals surface area contributed by atoms with Gasteiger partial charge >= 0.3 is 0 Å². The van der Waals surface area contributed by atoms with Crippen molar-refractivity contribution in [3.8, 4) is 0 Å². The van der Waals surface area contributed by atoms with E-state index in [9.17, 15) is 0 Å². The number of hydrogen-bond acceptors (Lipinski definition) is 2. The molecule has 0 aliphatic rings. The van der Waals surface area contributed by atoms with Crippen molar-refractivity contribution in [1.29, 1.82) is 0 Å². The van der Waals surface area contributed by atoms with Crippen LogP contribution in [0, 0.1) is 0 Å². The summed E-state index contributed by atoms with van der Waals surface area (Å²) in [5.41, 5.74) is 1.20. The Hall–Kier alpha value is -0.570. The maximum absolute atomic E-state index is 4.17. The lowest BCUT2D eigenvalue weighted by Gasteiger charge is -2.22. The molecule has 1 rings (SSSR count). The molecule has 0 fully saturated rings. The van der Waals surface area contributed by atoms with Crippen LogP contribution in [-0.4, -0.2) is 18.1 Å². The van der Waals surface area contributed by atoms with Crippen LogP contribution in [0.15, 0.2) is 22.9 Å². The Morgan fingerprint density at radius 1 is 1.36 bits per heavy atom. The highest BCUT2D eigenvalue weighted by Gasteiger charge is 2.03. The second-order valence-electron chi connectivity index (χ2n) is 3.29. The number of rotatable bonds is 5. The van der Waals surface area contributed by atoms with Crippen LogP contribution in [0.4, 0.5) is 5.69 Å². The van der Waals surface area contributed by atoms with Gasteiger partial charge in [-0.05, 0) is 35.3 Å². The predicted octanol–water partition coefficient (Wildman–Crippen LogP) is 3.47. The Morgan fingerprint density at radius 2 is 2.14 bits per heavy atom. The van der Waals surface area contributed by atoms with Crippen molar-refractivity contribution < 1.29 is 0 Å². The Labute approximate surface area is 94.5 Å². The van der Waals surface area contributed by atoms with E-state index in [1.807, 2.05) is 12.4 Å². The Kier molecular flexibility index (Phi) is 4.94. The van der Waals surface area contributed by atoms with Crippen LogP contribution in [0.2, 0.25) is 0 Å². The van der Waals surface area contributed by atoms with Crippen molar-refractivity contribution in [1.82, 2.24) is 4.98 Å². The molecule has 0 N–H and O–H groups in total. The zero-order chi connectivity index (χ0) is 10.4. The summed E-state index contributed by atoms with van der Waals surface area (Å²) in [7, 11) is 0. The zero-order valence-corrected chi connectivity index (χ0v) is 10.4. The molecule has 0 saturated carbocycles. The summed E-state index contributed by atoms with van der Waals surface area (Å²) in [6.45, 7) is 6.55. The average Bonchev–Trinajstić information content (AvgIpc) is 2.19. The first-order valence-corrected chi connectivity index (χ1v) is 5.92. The lowest BCUT2D eigenvalue weighted by molar-refractivity contribution is 0.731. The molecule has 1 heterocycles. The van der Waals surface area contributed by atoms with Crippen molar-refractivity contribution in [2.45, 2.75) is 26.7 Å². The molecule has 0 atom stereocenters. The van der Waals surface area contributed by atoms with E-state index in [-0.39, 0.29) is 0 Å². The maximum Gasteiger partial charge on any atom is 0.0563 e. The zero-order valence-electron chi connectivity index (χ0n) is 8.83. The third-order valence-corrected chi connectivity index (χ3v) is 2.65.